The van der Waals surface area contributed by atoms with Gasteiger partial charge in [0.2, 0.25) is 0 Å². The first-order valence-electron chi connectivity index (χ1n) is 7.63. The smallest absolute Gasteiger partial charge is 0.00390 e. The van der Waals surface area contributed by atoms with Gasteiger partial charge in [-0.15, -0.1) is 0 Å². The van der Waals surface area contributed by atoms with Crippen molar-refractivity contribution in [1.29, 1.82) is 0 Å². The highest BCUT2D eigenvalue weighted by molar-refractivity contribution is 4.65. The van der Waals surface area contributed by atoms with E-state index in [0.29, 0.717) is 6.04 Å². The van der Waals surface area contributed by atoms with Crippen LogP contribution < -0.4 is 5.32 Å². The van der Waals surface area contributed by atoms with Gasteiger partial charge in [0, 0.05) is 12.6 Å². The van der Waals surface area contributed by atoms with Gasteiger partial charge in [-0.05, 0) is 45.3 Å². The lowest BCUT2D eigenvalue weighted by molar-refractivity contribution is 0.227. The third-order valence-corrected chi connectivity index (χ3v) is 3.78. The lowest BCUT2D eigenvalue weighted by Gasteiger charge is -2.25. The summed E-state index contributed by atoms with van der Waals surface area (Å²) in [5.74, 6) is 0.890. The van der Waals surface area contributed by atoms with Crippen LogP contribution in [0.15, 0.2) is 0 Å². The van der Waals surface area contributed by atoms with E-state index in [9.17, 15) is 0 Å². The molecule has 1 atom stereocenters. The highest BCUT2D eigenvalue weighted by Gasteiger charge is 2.10. The summed E-state index contributed by atoms with van der Waals surface area (Å²) in [6.07, 6.45) is 5.26. The van der Waals surface area contributed by atoms with E-state index in [0.717, 1.165) is 12.5 Å². The lowest BCUT2D eigenvalue weighted by atomic mass is 10.0. The molecule has 0 amide bonds. The summed E-state index contributed by atoms with van der Waals surface area (Å²) >= 11 is 0. The Hall–Kier alpha value is -0.0800. The molecule has 2 heteroatoms. The van der Waals surface area contributed by atoms with Gasteiger partial charge in [0.1, 0.15) is 0 Å². The third-order valence-electron chi connectivity index (χ3n) is 3.78. The van der Waals surface area contributed by atoms with Crippen LogP contribution >= 0.6 is 0 Å². The molecular formula is C15H34N2. The molecule has 104 valence electrons. The average molecular weight is 242 g/mol. The molecule has 0 radical (unpaired) electrons. The van der Waals surface area contributed by atoms with Gasteiger partial charge in [-0.1, -0.05) is 40.5 Å². The van der Waals surface area contributed by atoms with Crippen LogP contribution in [0.5, 0.6) is 0 Å². The fraction of sp³-hybridized carbons (Fsp3) is 1.00. The Bertz CT molecular complexity index is 155. The molecule has 0 saturated heterocycles. The van der Waals surface area contributed by atoms with Crippen molar-refractivity contribution in [2.75, 3.05) is 26.2 Å². The zero-order chi connectivity index (χ0) is 13.1. The van der Waals surface area contributed by atoms with E-state index in [4.69, 9.17) is 0 Å². The molecule has 17 heavy (non-hydrogen) atoms. The Morgan fingerprint density at radius 2 is 1.71 bits per heavy atom. The van der Waals surface area contributed by atoms with Crippen LogP contribution in [-0.4, -0.2) is 37.1 Å². The van der Waals surface area contributed by atoms with Crippen LogP contribution in [0.3, 0.4) is 0 Å². The SMILES string of the molecule is CCNC(C)CCCN(CC)CC(CC)CC. The molecule has 0 spiro atoms. The van der Waals surface area contributed by atoms with Crippen molar-refractivity contribution in [3.63, 3.8) is 0 Å². The second-order valence-electron chi connectivity index (χ2n) is 5.18. The Kier molecular flexibility index (Phi) is 11.0. The number of nitrogens with one attached hydrogen (secondary N) is 1. The largest absolute Gasteiger partial charge is 0.315 e. The number of rotatable bonds is 11. The highest BCUT2D eigenvalue weighted by atomic mass is 15.1. The summed E-state index contributed by atoms with van der Waals surface area (Å²) in [5.41, 5.74) is 0. The van der Waals surface area contributed by atoms with Crippen LogP contribution in [-0.2, 0) is 0 Å². The molecule has 0 fully saturated rings. The van der Waals surface area contributed by atoms with Crippen molar-refractivity contribution >= 4 is 0 Å². The zero-order valence-corrected chi connectivity index (χ0v) is 12.8. The predicted octanol–water partition coefficient (Wildman–Crippen LogP) is 3.52. The first kappa shape index (κ1) is 16.9. The van der Waals surface area contributed by atoms with Crippen molar-refractivity contribution in [3.05, 3.63) is 0 Å². The average Bonchev–Trinajstić information content (AvgIpc) is 2.34. The zero-order valence-electron chi connectivity index (χ0n) is 12.8. The van der Waals surface area contributed by atoms with Gasteiger partial charge in [0.05, 0.1) is 0 Å². The fourth-order valence-corrected chi connectivity index (χ4v) is 2.36. The maximum absolute atomic E-state index is 3.48. The molecule has 0 saturated carbocycles. The molecule has 0 aliphatic rings. The summed E-state index contributed by atoms with van der Waals surface area (Å²) in [5, 5.41) is 3.48. The lowest BCUT2D eigenvalue weighted by Crippen LogP contribution is -2.32. The molecule has 0 aliphatic heterocycles. The van der Waals surface area contributed by atoms with Gasteiger partial charge in [-0.3, -0.25) is 0 Å². The second-order valence-corrected chi connectivity index (χ2v) is 5.18. The van der Waals surface area contributed by atoms with Gasteiger partial charge in [0.25, 0.3) is 0 Å². The summed E-state index contributed by atoms with van der Waals surface area (Å²) in [4.78, 5) is 2.62. The van der Waals surface area contributed by atoms with Gasteiger partial charge in [-0.2, -0.15) is 0 Å². The molecule has 2 nitrogen and oxygen atoms in total. The molecule has 0 bridgehead atoms. The van der Waals surface area contributed by atoms with Crippen LogP contribution in [0.25, 0.3) is 0 Å². The first-order valence-corrected chi connectivity index (χ1v) is 7.63. The van der Waals surface area contributed by atoms with E-state index in [-0.39, 0.29) is 0 Å². The number of hydrogen-bond acceptors (Lipinski definition) is 2. The van der Waals surface area contributed by atoms with Crippen LogP contribution in [0.4, 0.5) is 0 Å². The van der Waals surface area contributed by atoms with Crippen molar-refractivity contribution in [2.45, 2.75) is 66.3 Å². The van der Waals surface area contributed by atoms with Crippen LogP contribution in [0.1, 0.15) is 60.3 Å². The van der Waals surface area contributed by atoms with E-state index in [1.165, 1.54) is 45.3 Å². The van der Waals surface area contributed by atoms with Crippen molar-refractivity contribution in [2.24, 2.45) is 5.92 Å². The van der Waals surface area contributed by atoms with E-state index >= 15 is 0 Å². The Morgan fingerprint density at radius 3 is 2.18 bits per heavy atom. The molecule has 0 aromatic carbocycles. The van der Waals surface area contributed by atoms with E-state index in [1.54, 1.807) is 0 Å². The standard InChI is InChI=1S/C15H34N2/c1-6-15(7-2)13-17(9-4)12-10-11-14(5)16-8-3/h14-16H,6-13H2,1-5H3. The monoisotopic (exact) mass is 242 g/mol. The molecule has 0 aliphatic carbocycles. The van der Waals surface area contributed by atoms with Gasteiger partial charge >= 0.3 is 0 Å². The highest BCUT2D eigenvalue weighted by Crippen LogP contribution is 2.10. The third kappa shape index (κ3) is 8.62. The molecule has 0 aromatic rings. The topological polar surface area (TPSA) is 15.3 Å². The van der Waals surface area contributed by atoms with Gasteiger partial charge < -0.3 is 10.2 Å². The Morgan fingerprint density at radius 1 is 1.06 bits per heavy atom. The maximum atomic E-state index is 3.48. The molecule has 1 unspecified atom stereocenters. The predicted molar refractivity (Wildman–Crippen MR) is 78.6 cm³/mol. The quantitative estimate of drug-likeness (QED) is 0.596. The van der Waals surface area contributed by atoms with Gasteiger partial charge in [-0.25, -0.2) is 0 Å². The van der Waals surface area contributed by atoms with Gasteiger partial charge in [0.15, 0.2) is 0 Å². The second kappa shape index (κ2) is 11.0. The van der Waals surface area contributed by atoms with Crippen molar-refractivity contribution in [1.82, 2.24) is 10.2 Å². The van der Waals surface area contributed by atoms with Crippen LogP contribution in [0.2, 0.25) is 0 Å². The normalized spacial score (nSPS) is 13.6. The minimum Gasteiger partial charge on any atom is -0.315 e. The van der Waals surface area contributed by atoms with E-state index in [2.05, 4.69) is 44.8 Å². The van der Waals surface area contributed by atoms with Crippen LogP contribution in [0, 0.1) is 5.92 Å². The maximum Gasteiger partial charge on any atom is 0.00390 e. The number of hydrogen-bond donors (Lipinski definition) is 1. The molecule has 0 heterocycles. The molecule has 1 N–H and O–H groups in total. The Balaban J connectivity index is 3.74. The van der Waals surface area contributed by atoms with E-state index < -0.39 is 0 Å². The number of nitrogens with zero attached hydrogens (tertiary/aromatic N) is 1. The molecule has 0 aromatic heterocycles. The summed E-state index contributed by atoms with van der Waals surface area (Å²) in [7, 11) is 0. The minimum atomic E-state index is 0.673. The van der Waals surface area contributed by atoms with Crippen molar-refractivity contribution in [3.8, 4) is 0 Å². The summed E-state index contributed by atoms with van der Waals surface area (Å²) in [6, 6.07) is 0.673. The molecular weight excluding hydrogens is 208 g/mol. The summed E-state index contributed by atoms with van der Waals surface area (Å²) < 4.78 is 0. The first-order chi connectivity index (χ1) is 8.17. The molecule has 0 rings (SSSR count). The fourth-order valence-electron chi connectivity index (χ4n) is 2.36. The Labute approximate surface area is 109 Å². The van der Waals surface area contributed by atoms with E-state index in [1.807, 2.05) is 0 Å². The van der Waals surface area contributed by atoms with Crippen molar-refractivity contribution < 1.29 is 0 Å². The summed E-state index contributed by atoms with van der Waals surface area (Å²) in [6.45, 7) is 16.2. The minimum absolute atomic E-state index is 0.673.